The van der Waals surface area contributed by atoms with Crippen LogP contribution in [0.1, 0.15) is 5.69 Å². The van der Waals surface area contributed by atoms with Crippen LogP contribution in [0.5, 0.6) is 0 Å². The van der Waals surface area contributed by atoms with Gasteiger partial charge >= 0.3 is 5.69 Å². The fourth-order valence-electron chi connectivity index (χ4n) is 0.918. The molecule has 0 fully saturated rings. The zero-order valence-electron chi connectivity index (χ0n) is 6.48. The first kappa shape index (κ1) is 7.99. The Morgan fingerprint density at radius 3 is 2.85 bits per heavy atom. The molecular weight excluding hydrogens is 198 g/mol. The highest BCUT2D eigenvalue weighted by atomic mass is 35.5. The molecule has 2 heterocycles. The summed E-state index contributed by atoms with van der Waals surface area (Å²) < 4.78 is 5.63. The molecule has 2 rings (SSSR count). The molecule has 8 heteroatoms. The van der Waals surface area contributed by atoms with Gasteiger partial charge in [-0.2, -0.15) is 4.68 Å². The maximum absolute atomic E-state index is 11.1. The van der Waals surface area contributed by atoms with Crippen LogP contribution >= 0.6 is 11.6 Å². The van der Waals surface area contributed by atoms with E-state index in [4.69, 9.17) is 11.6 Å². The Morgan fingerprint density at radius 2 is 2.38 bits per heavy atom. The van der Waals surface area contributed by atoms with Crippen LogP contribution in [0, 0.1) is 6.92 Å². The molecule has 0 amide bonds. The maximum atomic E-state index is 11.1. The second-order valence-corrected chi connectivity index (χ2v) is 2.65. The van der Waals surface area contributed by atoms with E-state index in [1.807, 2.05) is 0 Å². The van der Waals surface area contributed by atoms with Gasteiger partial charge in [-0.05, 0) is 29.0 Å². The van der Waals surface area contributed by atoms with Crippen molar-refractivity contribution < 1.29 is 4.52 Å². The van der Waals surface area contributed by atoms with Crippen LogP contribution in [0.4, 0.5) is 0 Å². The summed E-state index contributed by atoms with van der Waals surface area (Å²) in [7, 11) is 0. The molecule has 7 nitrogen and oxygen atoms in total. The van der Waals surface area contributed by atoms with Crippen LogP contribution < -0.4 is 5.69 Å². The average molecular weight is 202 g/mol. The molecule has 0 aliphatic carbocycles. The lowest BCUT2D eigenvalue weighted by molar-refractivity contribution is 0.416. The minimum atomic E-state index is -0.492. The third-order valence-electron chi connectivity index (χ3n) is 1.48. The predicted molar refractivity (Wildman–Crippen MR) is 41.8 cm³/mol. The number of aromatic nitrogens is 5. The first-order valence-electron chi connectivity index (χ1n) is 3.32. The number of H-pyrrole nitrogens is 1. The molecule has 0 saturated carbocycles. The van der Waals surface area contributed by atoms with E-state index in [1.165, 1.54) is 0 Å². The second kappa shape index (κ2) is 2.70. The Kier molecular flexibility index (Phi) is 1.66. The van der Waals surface area contributed by atoms with Crippen molar-refractivity contribution in [3.05, 3.63) is 21.4 Å². The minimum Gasteiger partial charge on any atom is -0.342 e. The van der Waals surface area contributed by atoms with Gasteiger partial charge in [-0.3, -0.25) is 0 Å². The molecule has 0 aliphatic rings. The molecule has 2 aromatic rings. The summed E-state index contributed by atoms with van der Waals surface area (Å²) >= 11 is 5.64. The molecule has 0 aliphatic heterocycles. The zero-order chi connectivity index (χ0) is 9.42. The maximum Gasteiger partial charge on any atom is 0.366 e. The van der Waals surface area contributed by atoms with Crippen molar-refractivity contribution in [2.75, 3.05) is 0 Å². The summed E-state index contributed by atoms with van der Waals surface area (Å²) in [5.74, 6) is 0. The number of hydrogen-bond acceptors (Lipinski definition) is 5. The largest absolute Gasteiger partial charge is 0.366 e. The average Bonchev–Trinajstić information content (AvgIpc) is 2.60. The van der Waals surface area contributed by atoms with Crippen molar-refractivity contribution in [3.63, 3.8) is 0 Å². The fourth-order valence-corrected chi connectivity index (χ4v) is 1.17. The van der Waals surface area contributed by atoms with Gasteiger partial charge in [0.1, 0.15) is 5.69 Å². The standard InChI is InChI=1S/C5H4ClN5O2/c1-2-3(4(6)13-8-2)11-5(12)7-9-10-11/h1H3,(H,7,10,12). The highest BCUT2D eigenvalue weighted by Crippen LogP contribution is 2.20. The molecule has 0 aromatic carbocycles. The van der Waals surface area contributed by atoms with Crippen LogP contribution in [0.25, 0.3) is 5.69 Å². The summed E-state index contributed by atoms with van der Waals surface area (Å²) in [6.07, 6.45) is 0. The van der Waals surface area contributed by atoms with E-state index < -0.39 is 5.69 Å². The highest BCUT2D eigenvalue weighted by Gasteiger charge is 2.16. The molecular formula is C5H4ClN5O2. The first-order valence-corrected chi connectivity index (χ1v) is 3.70. The van der Waals surface area contributed by atoms with Gasteiger partial charge in [-0.1, -0.05) is 5.16 Å². The lowest BCUT2D eigenvalue weighted by atomic mass is 10.4. The molecule has 0 spiro atoms. The Bertz CT molecular complexity index is 464. The lowest BCUT2D eigenvalue weighted by Crippen LogP contribution is -2.16. The summed E-state index contributed by atoms with van der Waals surface area (Å²) in [6.45, 7) is 1.64. The van der Waals surface area contributed by atoms with Gasteiger partial charge < -0.3 is 4.52 Å². The van der Waals surface area contributed by atoms with Gasteiger partial charge in [0.25, 0.3) is 5.22 Å². The third-order valence-corrected chi connectivity index (χ3v) is 1.72. The lowest BCUT2D eigenvalue weighted by Gasteiger charge is -1.91. The number of nitrogens with zero attached hydrogens (tertiary/aromatic N) is 4. The number of tetrazole rings is 1. The molecule has 68 valence electrons. The quantitative estimate of drug-likeness (QED) is 0.696. The van der Waals surface area contributed by atoms with Crippen molar-refractivity contribution in [2.45, 2.75) is 6.92 Å². The Hall–Kier alpha value is -1.63. The van der Waals surface area contributed by atoms with Crippen LogP contribution in [0.15, 0.2) is 9.32 Å². The molecule has 2 aromatic heterocycles. The van der Waals surface area contributed by atoms with Crippen molar-refractivity contribution in [3.8, 4) is 5.69 Å². The molecule has 13 heavy (non-hydrogen) atoms. The topological polar surface area (TPSA) is 89.6 Å². The van der Waals surface area contributed by atoms with Gasteiger partial charge in [0.05, 0.1) is 0 Å². The molecule has 1 N–H and O–H groups in total. The Labute approximate surface area is 76.3 Å². The number of aromatic amines is 1. The first-order chi connectivity index (χ1) is 6.20. The molecule has 0 unspecified atom stereocenters. The summed E-state index contributed by atoms with van der Waals surface area (Å²) in [5, 5.41) is 12.5. The number of halogens is 1. The number of nitrogens with one attached hydrogen (secondary N) is 1. The van der Waals surface area contributed by atoms with Crippen molar-refractivity contribution in [1.82, 2.24) is 25.4 Å². The predicted octanol–water partition coefficient (Wildman–Crippen LogP) is -0.0946. The number of rotatable bonds is 1. The Morgan fingerprint density at radius 1 is 1.62 bits per heavy atom. The van der Waals surface area contributed by atoms with Crippen molar-refractivity contribution in [2.24, 2.45) is 0 Å². The normalized spacial score (nSPS) is 10.6. The van der Waals surface area contributed by atoms with E-state index in [-0.39, 0.29) is 5.22 Å². The highest BCUT2D eigenvalue weighted by molar-refractivity contribution is 6.30. The monoisotopic (exact) mass is 201 g/mol. The van der Waals surface area contributed by atoms with Crippen molar-refractivity contribution in [1.29, 1.82) is 0 Å². The van der Waals surface area contributed by atoms with E-state index in [2.05, 4.69) is 25.2 Å². The van der Waals surface area contributed by atoms with E-state index in [9.17, 15) is 4.79 Å². The fraction of sp³-hybridized carbons (Fsp3) is 0.200. The van der Waals surface area contributed by atoms with Gasteiger partial charge in [0, 0.05) is 0 Å². The van der Waals surface area contributed by atoms with Crippen LogP contribution in [-0.2, 0) is 0 Å². The summed E-state index contributed by atoms with van der Waals surface area (Å²) in [6, 6.07) is 0. The van der Waals surface area contributed by atoms with E-state index >= 15 is 0 Å². The zero-order valence-corrected chi connectivity index (χ0v) is 7.24. The van der Waals surface area contributed by atoms with Gasteiger partial charge in [-0.15, -0.1) is 0 Å². The molecule has 0 radical (unpaired) electrons. The molecule has 0 bridgehead atoms. The van der Waals surface area contributed by atoms with E-state index in [1.54, 1.807) is 6.92 Å². The smallest absolute Gasteiger partial charge is 0.342 e. The third kappa shape index (κ3) is 1.13. The van der Waals surface area contributed by atoms with Gasteiger partial charge in [-0.25, -0.2) is 9.89 Å². The number of aryl methyl sites for hydroxylation is 1. The van der Waals surface area contributed by atoms with E-state index in [0.717, 1.165) is 4.68 Å². The minimum absolute atomic E-state index is 0.00787. The van der Waals surface area contributed by atoms with Crippen molar-refractivity contribution >= 4 is 11.6 Å². The number of hydrogen-bond donors (Lipinski definition) is 1. The van der Waals surface area contributed by atoms with Crippen LogP contribution in [0.3, 0.4) is 0 Å². The van der Waals surface area contributed by atoms with Gasteiger partial charge in [0.15, 0.2) is 5.69 Å². The van der Waals surface area contributed by atoms with Crippen LogP contribution in [0.2, 0.25) is 5.22 Å². The van der Waals surface area contributed by atoms with Gasteiger partial charge in [0.2, 0.25) is 0 Å². The van der Waals surface area contributed by atoms with Crippen LogP contribution in [-0.4, -0.2) is 25.4 Å². The second-order valence-electron chi connectivity index (χ2n) is 2.31. The SMILES string of the molecule is Cc1noc(Cl)c1-n1nn[nH]c1=O. The summed E-state index contributed by atoms with van der Waals surface area (Å²) in [5.41, 5.74) is 0.287. The Balaban J connectivity index is 2.71. The summed E-state index contributed by atoms with van der Waals surface area (Å²) in [4.78, 5) is 11.1. The molecule has 0 saturated heterocycles. The van der Waals surface area contributed by atoms with E-state index in [0.29, 0.717) is 11.4 Å². The molecule has 0 atom stereocenters.